The third-order valence-corrected chi connectivity index (χ3v) is 3.17. The number of benzene rings is 1. The van der Waals surface area contributed by atoms with Gasteiger partial charge in [0.05, 0.1) is 6.61 Å². The van der Waals surface area contributed by atoms with Gasteiger partial charge in [-0.3, -0.25) is 0 Å². The average molecular weight is 250 g/mol. The van der Waals surface area contributed by atoms with Crippen LogP contribution in [-0.2, 0) is 0 Å². The Hall–Kier alpha value is -1.22. The Morgan fingerprint density at radius 3 is 2.28 bits per heavy atom. The molecular formula is C15H26N2O. The summed E-state index contributed by atoms with van der Waals surface area (Å²) in [6.45, 7) is 8.69. The molecule has 0 aliphatic rings. The first-order valence-electron chi connectivity index (χ1n) is 6.93. The normalized spacial score (nSPS) is 10.7. The summed E-state index contributed by atoms with van der Waals surface area (Å²) in [5.41, 5.74) is 1.11. The van der Waals surface area contributed by atoms with E-state index >= 15 is 0 Å². The minimum absolute atomic E-state index is 0.806. The molecule has 102 valence electrons. The van der Waals surface area contributed by atoms with E-state index in [9.17, 15) is 0 Å². The highest BCUT2D eigenvalue weighted by atomic mass is 16.5. The van der Waals surface area contributed by atoms with Crippen LogP contribution >= 0.6 is 0 Å². The summed E-state index contributed by atoms with van der Waals surface area (Å²) in [5.74, 6) is 0.955. The van der Waals surface area contributed by atoms with Crippen molar-refractivity contribution in [3.8, 4) is 5.75 Å². The predicted molar refractivity (Wildman–Crippen MR) is 78.5 cm³/mol. The maximum atomic E-state index is 5.71. The van der Waals surface area contributed by atoms with Gasteiger partial charge in [0.15, 0.2) is 0 Å². The lowest BCUT2D eigenvalue weighted by Gasteiger charge is -2.17. The molecule has 0 aromatic heterocycles. The van der Waals surface area contributed by atoms with Crippen molar-refractivity contribution in [2.45, 2.75) is 26.7 Å². The molecule has 0 aliphatic heterocycles. The third kappa shape index (κ3) is 5.41. The molecule has 3 nitrogen and oxygen atoms in total. The van der Waals surface area contributed by atoms with Crippen LogP contribution in [0.3, 0.4) is 0 Å². The van der Waals surface area contributed by atoms with Gasteiger partial charge >= 0.3 is 0 Å². The summed E-state index contributed by atoms with van der Waals surface area (Å²) in [4.78, 5) is 2.45. The molecule has 18 heavy (non-hydrogen) atoms. The maximum absolute atomic E-state index is 5.71. The number of nitrogens with zero attached hydrogens (tertiary/aromatic N) is 1. The Morgan fingerprint density at radius 2 is 1.72 bits per heavy atom. The Bertz CT molecular complexity index is 307. The van der Waals surface area contributed by atoms with Gasteiger partial charge in [-0.1, -0.05) is 13.8 Å². The molecule has 0 saturated carbocycles. The van der Waals surface area contributed by atoms with E-state index in [0.717, 1.165) is 37.6 Å². The van der Waals surface area contributed by atoms with E-state index in [1.165, 1.54) is 13.0 Å². The van der Waals surface area contributed by atoms with Crippen LogP contribution in [0, 0.1) is 0 Å². The molecular weight excluding hydrogens is 224 g/mol. The first-order chi connectivity index (χ1) is 8.80. The standard InChI is InChI=1S/C15H26N2O/c1-4-17(5-2)12-6-7-13-18-15-10-8-14(16-3)9-11-15/h8-11,16H,4-7,12-13H2,1-3H3. The molecule has 0 aliphatic carbocycles. The second-order valence-electron chi connectivity index (χ2n) is 4.36. The molecule has 1 rings (SSSR count). The van der Waals surface area contributed by atoms with E-state index in [1.807, 2.05) is 31.3 Å². The first kappa shape index (κ1) is 14.8. The van der Waals surface area contributed by atoms with E-state index in [4.69, 9.17) is 4.74 Å². The molecule has 0 unspecified atom stereocenters. The number of ether oxygens (including phenoxy) is 1. The molecule has 1 aromatic rings. The van der Waals surface area contributed by atoms with Crippen molar-refractivity contribution >= 4 is 5.69 Å². The molecule has 1 N–H and O–H groups in total. The Balaban J connectivity index is 2.13. The zero-order chi connectivity index (χ0) is 13.2. The monoisotopic (exact) mass is 250 g/mol. The highest BCUT2D eigenvalue weighted by Crippen LogP contribution is 2.15. The summed E-state index contributed by atoms with van der Waals surface area (Å²) in [6.07, 6.45) is 2.32. The molecule has 0 heterocycles. The fraction of sp³-hybridized carbons (Fsp3) is 0.600. The molecule has 1 aromatic carbocycles. The molecule has 0 fully saturated rings. The van der Waals surface area contributed by atoms with Crippen molar-refractivity contribution in [3.63, 3.8) is 0 Å². The number of unbranched alkanes of at least 4 members (excludes halogenated alkanes) is 1. The lowest BCUT2D eigenvalue weighted by Crippen LogP contribution is -2.24. The topological polar surface area (TPSA) is 24.5 Å². The van der Waals surface area contributed by atoms with Crippen LogP contribution in [-0.4, -0.2) is 38.2 Å². The maximum Gasteiger partial charge on any atom is 0.119 e. The fourth-order valence-corrected chi connectivity index (χ4v) is 1.89. The minimum Gasteiger partial charge on any atom is -0.494 e. The van der Waals surface area contributed by atoms with E-state index < -0.39 is 0 Å². The van der Waals surface area contributed by atoms with Crippen molar-refractivity contribution in [1.82, 2.24) is 4.90 Å². The fourth-order valence-electron chi connectivity index (χ4n) is 1.89. The lowest BCUT2D eigenvalue weighted by molar-refractivity contribution is 0.266. The van der Waals surface area contributed by atoms with Gasteiger partial charge in [0.1, 0.15) is 5.75 Å². The predicted octanol–water partition coefficient (Wildman–Crippen LogP) is 3.23. The van der Waals surface area contributed by atoms with Crippen LogP contribution < -0.4 is 10.1 Å². The van der Waals surface area contributed by atoms with Gasteiger partial charge in [-0.2, -0.15) is 0 Å². The van der Waals surface area contributed by atoms with Crippen molar-refractivity contribution in [3.05, 3.63) is 24.3 Å². The van der Waals surface area contributed by atoms with Crippen molar-refractivity contribution in [1.29, 1.82) is 0 Å². The highest BCUT2D eigenvalue weighted by Gasteiger charge is 1.99. The molecule has 3 heteroatoms. The van der Waals surface area contributed by atoms with Gasteiger partial charge in [-0.05, 0) is 56.7 Å². The van der Waals surface area contributed by atoms with E-state index in [1.54, 1.807) is 0 Å². The second-order valence-corrected chi connectivity index (χ2v) is 4.36. The van der Waals surface area contributed by atoms with E-state index in [-0.39, 0.29) is 0 Å². The molecule has 0 bridgehead atoms. The van der Waals surface area contributed by atoms with E-state index in [0.29, 0.717) is 0 Å². The molecule has 0 radical (unpaired) electrons. The lowest BCUT2D eigenvalue weighted by atomic mass is 10.3. The van der Waals surface area contributed by atoms with Crippen molar-refractivity contribution in [2.75, 3.05) is 38.6 Å². The van der Waals surface area contributed by atoms with Gasteiger partial charge in [0.25, 0.3) is 0 Å². The van der Waals surface area contributed by atoms with Crippen LogP contribution in [0.4, 0.5) is 5.69 Å². The van der Waals surface area contributed by atoms with Gasteiger partial charge in [-0.25, -0.2) is 0 Å². The van der Waals surface area contributed by atoms with Crippen LogP contribution in [0.25, 0.3) is 0 Å². The Labute approximate surface area is 111 Å². The smallest absolute Gasteiger partial charge is 0.119 e. The van der Waals surface area contributed by atoms with Crippen LogP contribution in [0.5, 0.6) is 5.75 Å². The second kappa shape index (κ2) is 8.81. The van der Waals surface area contributed by atoms with Gasteiger partial charge in [0, 0.05) is 12.7 Å². The molecule has 0 amide bonds. The number of rotatable bonds is 9. The average Bonchev–Trinajstić information content (AvgIpc) is 2.43. The summed E-state index contributed by atoms with van der Waals surface area (Å²) >= 11 is 0. The number of hydrogen-bond donors (Lipinski definition) is 1. The molecule has 0 saturated heterocycles. The number of anilines is 1. The highest BCUT2D eigenvalue weighted by molar-refractivity contribution is 5.45. The van der Waals surface area contributed by atoms with E-state index in [2.05, 4.69) is 24.1 Å². The van der Waals surface area contributed by atoms with Crippen LogP contribution in [0.2, 0.25) is 0 Å². The molecule has 0 atom stereocenters. The van der Waals surface area contributed by atoms with Gasteiger partial charge in [0.2, 0.25) is 0 Å². The zero-order valence-corrected chi connectivity index (χ0v) is 11.9. The van der Waals surface area contributed by atoms with Gasteiger partial charge < -0.3 is 15.0 Å². The summed E-state index contributed by atoms with van der Waals surface area (Å²) in [6, 6.07) is 8.09. The number of hydrogen-bond acceptors (Lipinski definition) is 3. The zero-order valence-electron chi connectivity index (χ0n) is 11.9. The Morgan fingerprint density at radius 1 is 1.06 bits per heavy atom. The van der Waals surface area contributed by atoms with Gasteiger partial charge in [-0.15, -0.1) is 0 Å². The largest absolute Gasteiger partial charge is 0.494 e. The Kier molecular flexibility index (Phi) is 7.26. The summed E-state index contributed by atoms with van der Waals surface area (Å²) < 4.78 is 5.71. The van der Waals surface area contributed by atoms with Crippen molar-refractivity contribution in [2.24, 2.45) is 0 Å². The summed E-state index contributed by atoms with van der Waals surface area (Å²) in [5, 5.41) is 3.09. The first-order valence-corrected chi connectivity index (χ1v) is 6.93. The minimum atomic E-state index is 0.806. The summed E-state index contributed by atoms with van der Waals surface area (Å²) in [7, 11) is 1.92. The van der Waals surface area contributed by atoms with Crippen LogP contribution in [0.15, 0.2) is 24.3 Å². The SMILES string of the molecule is CCN(CC)CCCCOc1ccc(NC)cc1. The third-order valence-electron chi connectivity index (χ3n) is 3.17. The quantitative estimate of drug-likeness (QED) is 0.681. The van der Waals surface area contributed by atoms with Crippen LogP contribution in [0.1, 0.15) is 26.7 Å². The number of nitrogens with one attached hydrogen (secondary N) is 1. The molecule has 0 spiro atoms. The van der Waals surface area contributed by atoms with Crippen molar-refractivity contribution < 1.29 is 4.74 Å².